The van der Waals surface area contributed by atoms with Gasteiger partial charge in [0.2, 0.25) is 5.91 Å². The molecule has 0 aromatic rings. The molecule has 27 heavy (non-hydrogen) atoms. The van der Waals surface area contributed by atoms with Gasteiger partial charge < -0.3 is 9.80 Å². The average Bonchev–Trinajstić information content (AvgIpc) is 2.60. The number of piperazine rings is 1. The van der Waals surface area contributed by atoms with Crippen LogP contribution in [-0.2, 0) is 4.79 Å². The number of likely N-dealkylation sites (tertiary alicyclic amines) is 1. The van der Waals surface area contributed by atoms with E-state index in [9.17, 15) is 4.79 Å². The van der Waals surface area contributed by atoms with E-state index in [1.54, 1.807) is 0 Å². The lowest BCUT2D eigenvalue weighted by molar-refractivity contribution is -0.135. The van der Waals surface area contributed by atoms with Crippen molar-refractivity contribution in [3.63, 3.8) is 0 Å². The summed E-state index contributed by atoms with van der Waals surface area (Å²) < 4.78 is 0. The van der Waals surface area contributed by atoms with Crippen LogP contribution in [0.1, 0.15) is 80.6 Å². The van der Waals surface area contributed by atoms with Crippen molar-refractivity contribution in [2.75, 3.05) is 45.8 Å². The minimum atomic E-state index is 0.275. The molecule has 4 heteroatoms. The summed E-state index contributed by atoms with van der Waals surface area (Å²) in [7, 11) is 0. The van der Waals surface area contributed by atoms with Crippen LogP contribution in [0, 0.1) is 10.8 Å². The fraction of sp³-hybridized carbons (Fsp3) is 0.957. The van der Waals surface area contributed by atoms with Crippen molar-refractivity contribution in [1.82, 2.24) is 14.7 Å². The number of nitrogens with zero attached hydrogens (tertiary/aromatic N) is 3. The predicted octanol–water partition coefficient (Wildman–Crippen LogP) is 4.25. The average molecular weight is 380 g/mol. The lowest BCUT2D eigenvalue weighted by atomic mass is 9.60. The molecule has 2 aliphatic rings. The van der Waals surface area contributed by atoms with Crippen LogP contribution < -0.4 is 0 Å². The van der Waals surface area contributed by atoms with Crippen molar-refractivity contribution >= 4 is 5.91 Å². The van der Waals surface area contributed by atoms with E-state index in [4.69, 9.17) is 0 Å². The molecule has 0 aromatic carbocycles. The minimum Gasteiger partial charge on any atom is -0.343 e. The fourth-order valence-corrected chi connectivity index (χ4v) is 5.07. The quantitative estimate of drug-likeness (QED) is 0.714. The molecular weight excluding hydrogens is 334 g/mol. The molecule has 0 bridgehead atoms. The van der Waals surface area contributed by atoms with E-state index in [-0.39, 0.29) is 5.54 Å². The number of hydrogen-bond donors (Lipinski definition) is 0. The van der Waals surface area contributed by atoms with Gasteiger partial charge in [0.1, 0.15) is 0 Å². The van der Waals surface area contributed by atoms with Crippen molar-refractivity contribution in [3.8, 4) is 0 Å². The summed E-state index contributed by atoms with van der Waals surface area (Å²) in [6.07, 6.45) is 5.26. The Balaban J connectivity index is 1.69. The molecule has 0 N–H and O–H groups in total. The van der Waals surface area contributed by atoms with Crippen LogP contribution in [0.25, 0.3) is 0 Å². The molecular formula is C23H45N3O. The number of carbonyl (C=O) groups is 1. The monoisotopic (exact) mass is 379 g/mol. The van der Waals surface area contributed by atoms with E-state index < -0.39 is 0 Å². The molecule has 0 saturated carbocycles. The van der Waals surface area contributed by atoms with Crippen LogP contribution in [0.4, 0.5) is 0 Å². The molecule has 2 heterocycles. The molecule has 2 rings (SSSR count). The van der Waals surface area contributed by atoms with Gasteiger partial charge in [-0.25, -0.2) is 0 Å². The van der Waals surface area contributed by atoms with E-state index in [2.05, 4.69) is 63.2 Å². The van der Waals surface area contributed by atoms with E-state index in [1.807, 2.05) is 0 Å². The predicted molar refractivity (Wildman–Crippen MR) is 115 cm³/mol. The maximum absolute atomic E-state index is 12.7. The zero-order valence-corrected chi connectivity index (χ0v) is 19.2. The third kappa shape index (κ3) is 5.69. The molecule has 2 fully saturated rings. The summed E-state index contributed by atoms with van der Waals surface area (Å²) in [6.45, 7) is 23.9. The summed E-state index contributed by atoms with van der Waals surface area (Å²) in [5, 5.41) is 0. The van der Waals surface area contributed by atoms with Gasteiger partial charge in [0.25, 0.3) is 0 Å². The molecule has 2 aliphatic heterocycles. The summed E-state index contributed by atoms with van der Waals surface area (Å²) in [5.41, 5.74) is 1.000. The Labute approximate surface area is 168 Å². The van der Waals surface area contributed by atoms with Gasteiger partial charge in [-0.05, 0) is 63.8 Å². The number of piperidine rings is 1. The van der Waals surface area contributed by atoms with E-state index >= 15 is 0 Å². The lowest BCUT2D eigenvalue weighted by Gasteiger charge is -2.50. The largest absolute Gasteiger partial charge is 0.343 e. The SMILES string of the molecule is CCC1(C(C)(C)C)CCN(C(=O)CCCN2CCN(C(C)(C)C)CC2)CC1. The second kappa shape index (κ2) is 8.82. The van der Waals surface area contributed by atoms with Crippen molar-refractivity contribution in [2.24, 2.45) is 10.8 Å². The topological polar surface area (TPSA) is 26.8 Å². The maximum Gasteiger partial charge on any atom is 0.222 e. The molecule has 1 amide bonds. The molecule has 158 valence electrons. The van der Waals surface area contributed by atoms with Crippen molar-refractivity contribution < 1.29 is 4.79 Å². The summed E-state index contributed by atoms with van der Waals surface area (Å²) in [6, 6.07) is 0. The smallest absolute Gasteiger partial charge is 0.222 e. The molecule has 0 unspecified atom stereocenters. The van der Waals surface area contributed by atoms with Gasteiger partial charge >= 0.3 is 0 Å². The summed E-state index contributed by atoms with van der Waals surface area (Å²) in [5.74, 6) is 0.377. The zero-order valence-electron chi connectivity index (χ0n) is 19.2. The van der Waals surface area contributed by atoms with E-state index in [0.717, 1.165) is 65.1 Å². The minimum absolute atomic E-state index is 0.275. The van der Waals surface area contributed by atoms with E-state index in [1.165, 1.54) is 6.42 Å². The highest BCUT2D eigenvalue weighted by Gasteiger charge is 2.43. The van der Waals surface area contributed by atoms with Crippen molar-refractivity contribution in [1.29, 1.82) is 0 Å². The Morgan fingerprint density at radius 2 is 1.44 bits per heavy atom. The Morgan fingerprint density at radius 3 is 1.89 bits per heavy atom. The number of rotatable bonds is 5. The van der Waals surface area contributed by atoms with Gasteiger partial charge in [0.15, 0.2) is 0 Å². The first-order chi connectivity index (χ1) is 12.5. The van der Waals surface area contributed by atoms with Gasteiger partial charge in [0.05, 0.1) is 0 Å². The Hall–Kier alpha value is -0.610. The molecule has 0 atom stereocenters. The second-order valence-corrected chi connectivity index (χ2v) is 10.9. The van der Waals surface area contributed by atoms with Crippen LogP contribution in [0.3, 0.4) is 0 Å². The molecule has 0 aliphatic carbocycles. The first-order valence-corrected chi connectivity index (χ1v) is 11.2. The first kappa shape index (κ1) is 22.7. The first-order valence-electron chi connectivity index (χ1n) is 11.2. The standard InChI is InChI=1S/C23H45N3O/c1-8-23(21(2,3)4)11-14-25(15-12-23)20(27)10-9-13-24-16-18-26(19-17-24)22(5,6)7/h8-19H2,1-7H3. The van der Waals surface area contributed by atoms with Crippen LogP contribution in [0.15, 0.2) is 0 Å². The van der Waals surface area contributed by atoms with Crippen LogP contribution in [-0.4, -0.2) is 72.0 Å². The van der Waals surface area contributed by atoms with Gasteiger partial charge in [-0.1, -0.05) is 27.7 Å². The number of hydrogen-bond acceptors (Lipinski definition) is 3. The lowest BCUT2D eigenvalue weighted by Crippen LogP contribution is -2.53. The molecule has 0 radical (unpaired) electrons. The van der Waals surface area contributed by atoms with Crippen LogP contribution in [0.2, 0.25) is 0 Å². The Morgan fingerprint density at radius 1 is 0.889 bits per heavy atom. The van der Waals surface area contributed by atoms with Gasteiger partial charge in [-0.2, -0.15) is 0 Å². The Kier molecular flexibility index (Phi) is 7.40. The summed E-state index contributed by atoms with van der Waals surface area (Å²) in [4.78, 5) is 19.9. The van der Waals surface area contributed by atoms with Gasteiger partial charge in [-0.15, -0.1) is 0 Å². The van der Waals surface area contributed by atoms with Crippen LogP contribution in [0.5, 0.6) is 0 Å². The number of carbonyl (C=O) groups excluding carboxylic acids is 1. The summed E-state index contributed by atoms with van der Waals surface area (Å²) >= 11 is 0. The van der Waals surface area contributed by atoms with Gasteiger partial charge in [-0.3, -0.25) is 9.69 Å². The third-order valence-electron chi connectivity index (χ3n) is 7.53. The second-order valence-electron chi connectivity index (χ2n) is 10.9. The highest BCUT2D eigenvalue weighted by atomic mass is 16.2. The zero-order chi connectivity index (χ0) is 20.3. The normalized spacial score (nSPS) is 22.9. The molecule has 0 spiro atoms. The van der Waals surface area contributed by atoms with E-state index in [0.29, 0.717) is 23.2 Å². The van der Waals surface area contributed by atoms with Gasteiger partial charge in [0, 0.05) is 51.2 Å². The van der Waals surface area contributed by atoms with Crippen molar-refractivity contribution in [2.45, 2.75) is 86.1 Å². The highest BCUT2D eigenvalue weighted by molar-refractivity contribution is 5.76. The van der Waals surface area contributed by atoms with Crippen molar-refractivity contribution in [3.05, 3.63) is 0 Å². The molecule has 2 saturated heterocycles. The molecule has 0 aromatic heterocycles. The fourth-order valence-electron chi connectivity index (χ4n) is 5.07. The van der Waals surface area contributed by atoms with Crippen LogP contribution >= 0.6 is 0 Å². The Bertz CT molecular complexity index is 473. The number of amides is 1. The maximum atomic E-state index is 12.7. The third-order valence-corrected chi connectivity index (χ3v) is 7.53. The molecule has 4 nitrogen and oxygen atoms in total. The highest BCUT2D eigenvalue weighted by Crippen LogP contribution is 2.49.